The molecule has 3 rings (SSSR count). The quantitative estimate of drug-likeness (QED) is 0.707. The Labute approximate surface area is 140 Å². The molecule has 0 aliphatic carbocycles. The van der Waals surface area contributed by atoms with Crippen molar-refractivity contribution < 1.29 is 19.4 Å². The number of amides is 1. The Morgan fingerprint density at radius 3 is 3.04 bits per heavy atom. The van der Waals surface area contributed by atoms with E-state index in [4.69, 9.17) is 9.47 Å². The highest BCUT2D eigenvalue weighted by atomic mass is 16.5. The van der Waals surface area contributed by atoms with Gasteiger partial charge in [-0.2, -0.15) is 0 Å². The zero-order valence-electron chi connectivity index (χ0n) is 13.8. The van der Waals surface area contributed by atoms with Gasteiger partial charge in [0.25, 0.3) is 11.5 Å². The average molecular weight is 337 g/mol. The summed E-state index contributed by atoms with van der Waals surface area (Å²) >= 11 is 0. The largest absolute Gasteiger partial charge is 0.496 e. The van der Waals surface area contributed by atoms with E-state index in [1.807, 2.05) is 0 Å². The molecule has 2 N–H and O–H groups in total. The minimum Gasteiger partial charge on any atom is -0.496 e. The summed E-state index contributed by atoms with van der Waals surface area (Å²) in [6, 6.07) is 1.37. The number of rotatable bonds is 2. The maximum atomic E-state index is 13.1. The number of fused-ring (bicyclic) bond motifs is 1. The van der Waals surface area contributed by atoms with E-state index in [1.165, 1.54) is 13.2 Å². The van der Waals surface area contributed by atoms with Crippen LogP contribution in [0.2, 0.25) is 0 Å². The van der Waals surface area contributed by atoms with Gasteiger partial charge in [-0.25, -0.2) is 0 Å². The summed E-state index contributed by atoms with van der Waals surface area (Å²) in [4.78, 5) is 27.0. The first kappa shape index (κ1) is 16.9. The van der Waals surface area contributed by atoms with E-state index in [1.54, 1.807) is 9.47 Å². The number of ether oxygens (including phenoxy) is 2. The number of aromatic nitrogens is 1. The van der Waals surface area contributed by atoms with Gasteiger partial charge in [-0.05, 0) is 0 Å². The predicted octanol–water partition coefficient (Wildman–Crippen LogP) is -1.16. The topological polar surface area (TPSA) is 93.0 Å². The summed E-state index contributed by atoms with van der Waals surface area (Å²) < 4.78 is 12.3. The van der Waals surface area contributed by atoms with Crippen LogP contribution >= 0.6 is 0 Å². The van der Waals surface area contributed by atoms with Crippen LogP contribution in [0, 0.1) is 0 Å². The van der Waals surface area contributed by atoms with E-state index >= 15 is 0 Å². The van der Waals surface area contributed by atoms with Crippen LogP contribution in [0.15, 0.2) is 10.9 Å². The minimum atomic E-state index is -0.714. The number of β-amino-alcohol motifs (C(OH)–C–C–N with tert-alkyl or cyclic N) is 1. The van der Waals surface area contributed by atoms with Crippen molar-refractivity contribution in [3.05, 3.63) is 27.7 Å². The first-order valence-corrected chi connectivity index (χ1v) is 8.18. The molecule has 0 radical (unpaired) electrons. The first-order chi connectivity index (χ1) is 11.6. The van der Waals surface area contributed by atoms with Gasteiger partial charge in [0.15, 0.2) is 0 Å². The molecule has 1 atom stereocenters. The lowest BCUT2D eigenvalue weighted by Crippen LogP contribution is -2.39. The van der Waals surface area contributed by atoms with Gasteiger partial charge >= 0.3 is 0 Å². The highest BCUT2D eigenvalue weighted by Crippen LogP contribution is 2.24. The molecule has 1 amide bonds. The lowest BCUT2D eigenvalue weighted by Gasteiger charge is -2.25. The Morgan fingerprint density at radius 1 is 1.42 bits per heavy atom. The number of nitrogens with zero attached hydrogens (tertiary/aromatic N) is 2. The molecule has 0 bridgehead atoms. The molecule has 1 fully saturated rings. The third-order valence-corrected chi connectivity index (χ3v) is 4.40. The Morgan fingerprint density at radius 2 is 2.25 bits per heavy atom. The molecular weight excluding hydrogens is 314 g/mol. The average Bonchev–Trinajstić information content (AvgIpc) is 2.94. The van der Waals surface area contributed by atoms with E-state index in [-0.39, 0.29) is 30.4 Å². The maximum Gasteiger partial charge on any atom is 0.259 e. The molecule has 2 aliphatic heterocycles. The van der Waals surface area contributed by atoms with Gasteiger partial charge in [-0.3, -0.25) is 9.59 Å². The van der Waals surface area contributed by atoms with Crippen LogP contribution < -0.4 is 15.6 Å². The number of aliphatic hydroxyl groups is 1. The van der Waals surface area contributed by atoms with E-state index in [0.29, 0.717) is 50.5 Å². The maximum absolute atomic E-state index is 13.1. The molecule has 0 aromatic carbocycles. The fourth-order valence-electron chi connectivity index (χ4n) is 3.23. The predicted molar refractivity (Wildman–Crippen MR) is 86.6 cm³/mol. The molecule has 0 unspecified atom stereocenters. The molecule has 132 valence electrons. The molecule has 8 nitrogen and oxygen atoms in total. The van der Waals surface area contributed by atoms with Gasteiger partial charge in [0.05, 0.1) is 26.4 Å². The van der Waals surface area contributed by atoms with Crippen molar-refractivity contribution in [3.8, 4) is 5.75 Å². The van der Waals surface area contributed by atoms with Crippen LogP contribution in [0.5, 0.6) is 5.75 Å². The molecule has 0 spiro atoms. The van der Waals surface area contributed by atoms with Crippen LogP contribution in [-0.2, 0) is 17.7 Å². The van der Waals surface area contributed by atoms with Gasteiger partial charge < -0.3 is 29.4 Å². The van der Waals surface area contributed by atoms with Gasteiger partial charge in [0.1, 0.15) is 11.3 Å². The van der Waals surface area contributed by atoms with E-state index in [0.717, 1.165) is 0 Å². The van der Waals surface area contributed by atoms with Crippen molar-refractivity contribution in [1.82, 2.24) is 14.8 Å². The number of nitrogens with one attached hydrogen (secondary N) is 1. The van der Waals surface area contributed by atoms with Crippen LogP contribution in [0.1, 0.15) is 16.1 Å². The highest BCUT2D eigenvalue weighted by molar-refractivity contribution is 5.98. The van der Waals surface area contributed by atoms with Crippen LogP contribution in [0.3, 0.4) is 0 Å². The van der Waals surface area contributed by atoms with Gasteiger partial charge in [-0.1, -0.05) is 0 Å². The summed E-state index contributed by atoms with van der Waals surface area (Å²) in [5.41, 5.74) is 0.935. The zero-order valence-corrected chi connectivity index (χ0v) is 13.8. The van der Waals surface area contributed by atoms with E-state index in [9.17, 15) is 14.7 Å². The molecular formula is C16H23N3O5. The van der Waals surface area contributed by atoms with Crippen molar-refractivity contribution in [1.29, 1.82) is 0 Å². The number of hydrogen-bond acceptors (Lipinski definition) is 6. The molecule has 3 heterocycles. The lowest BCUT2D eigenvalue weighted by atomic mass is 10.1. The third-order valence-electron chi connectivity index (χ3n) is 4.40. The van der Waals surface area contributed by atoms with Crippen LogP contribution in [0.4, 0.5) is 0 Å². The van der Waals surface area contributed by atoms with Gasteiger partial charge in [0, 0.05) is 50.9 Å². The number of pyridine rings is 1. The fourth-order valence-corrected chi connectivity index (χ4v) is 3.23. The molecule has 24 heavy (non-hydrogen) atoms. The summed E-state index contributed by atoms with van der Waals surface area (Å²) in [6.45, 7) is 3.10. The second kappa shape index (κ2) is 7.33. The number of aliphatic hydroxyl groups excluding tert-OH is 1. The minimum absolute atomic E-state index is 0.165. The fraction of sp³-hybridized carbons (Fsp3) is 0.625. The van der Waals surface area contributed by atoms with Crippen molar-refractivity contribution >= 4 is 5.91 Å². The normalized spacial score (nSPS) is 21.6. The third kappa shape index (κ3) is 3.31. The van der Waals surface area contributed by atoms with Crippen molar-refractivity contribution in [3.63, 3.8) is 0 Å². The molecule has 1 saturated heterocycles. The Hall–Kier alpha value is -1.90. The molecule has 2 aliphatic rings. The first-order valence-electron chi connectivity index (χ1n) is 8.18. The SMILES string of the molecule is COc1cc(=O)n2c(c1C(=O)N1CCOC[C@@H](O)C1)CCNCC2. The summed E-state index contributed by atoms with van der Waals surface area (Å²) in [5.74, 6) is 0.0554. The second-order valence-corrected chi connectivity index (χ2v) is 6.00. The van der Waals surface area contributed by atoms with Gasteiger partial charge in [-0.15, -0.1) is 0 Å². The summed E-state index contributed by atoms with van der Waals surface area (Å²) in [6.07, 6.45) is -0.144. The van der Waals surface area contributed by atoms with Crippen LogP contribution in [0.25, 0.3) is 0 Å². The Kier molecular flexibility index (Phi) is 5.17. The van der Waals surface area contributed by atoms with E-state index in [2.05, 4.69) is 5.32 Å². The van der Waals surface area contributed by atoms with Crippen molar-refractivity contribution in [2.24, 2.45) is 0 Å². The second-order valence-electron chi connectivity index (χ2n) is 6.00. The number of carbonyl (C=O) groups excluding carboxylic acids is 1. The summed E-state index contributed by atoms with van der Waals surface area (Å²) in [7, 11) is 1.46. The van der Waals surface area contributed by atoms with E-state index < -0.39 is 6.10 Å². The van der Waals surface area contributed by atoms with Crippen molar-refractivity contribution in [2.45, 2.75) is 19.1 Å². The lowest BCUT2D eigenvalue weighted by molar-refractivity contribution is 0.0533. The standard InChI is InChI=1S/C16H23N3O5/c1-23-13-8-14(21)19-5-4-17-3-2-12(19)15(13)16(22)18-6-7-24-10-11(20)9-18/h8,11,17,20H,2-7,9-10H2,1H3/t11-/m0/s1. The molecule has 1 aromatic rings. The zero-order chi connectivity index (χ0) is 17.1. The van der Waals surface area contributed by atoms with Crippen molar-refractivity contribution in [2.75, 3.05) is 46.5 Å². The molecule has 8 heteroatoms. The number of carbonyl (C=O) groups is 1. The Bertz CT molecular complexity index is 672. The summed E-state index contributed by atoms with van der Waals surface area (Å²) in [5, 5.41) is 13.1. The highest BCUT2D eigenvalue weighted by Gasteiger charge is 2.29. The Balaban J connectivity index is 2.05. The molecule has 0 saturated carbocycles. The number of methoxy groups -OCH3 is 1. The monoisotopic (exact) mass is 337 g/mol. The molecule has 1 aromatic heterocycles. The van der Waals surface area contributed by atoms with Crippen LogP contribution in [-0.4, -0.2) is 73.1 Å². The smallest absolute Gasteiger partial charge is 0.259 e. The van der Waals surface area contributed by atoms with Gasteiger partial charge in [0.2, 0.25) is 0 Å². The number of hydrogen-bond donors (Lipinski definition) is 2.